The summed E-state index contributed by atoms with van der Waals surface area (Å²) in [7, 11) is 0. The summed E-state index contributed by atoms with van der Waals surface area (Å²) in [6.07, 6.45) is 3.12. The van der Waals surface area contributed by atoms with E-state index in [2.05, 4.69) is 4.98 Å². The van der Waals surface area contributed by atoms with Crippen molar-refractivity contribution in [1.82, 2.24) is 4.98 Å². The molecular formula is C12H7ClN2O4S. The first-order valence-electron chi connectivity index (χ1n) is 5.28. The number of non-ortho nitro benzene ring substituents is 1. The fourth-order valence-corrected chi connectivity index (χ4v) is 2.71. The number of carboxylic acid groups (broad SMARTS) is 1. The van der Waals surface area contributed by atoms with Crippen LogP contribution in [0.25, 0.3) is 0 Å². The molecule has 8 heteroatoms. The van der Waals surface area contributed by atoms with Gasteiger partial charge in [-0.1, -0.05) is 23.4 Å². The Kier molecular flexibility index (Phi) is 4.21. The van der Waals surface area contributed by atoms with Crippen molar-refractivity contribution in [3.05, 3.63) is 57.4 Å². The van der Waals surface area contributed by atoms with Gasteiger partial charge in [-0.05, 0) is 12.1 Å². The van der Waals surface area contributed by atoms with Crippen molar-refractivity contribution < 1.29 is 14.8 Å². The molecular weight excluding hydrogens is 304 g/mol. The molecule has 20 heavy (non-hydrogen) atoms. The molecule has 2 rings (SSSR count). The highest BCUT2D eigenvalue weighted by Crippen LogP contribution is 2.38. The van der Waals surface area contributed by atoms with E-state index < -0.39 is 10.9 Å². The van der Waals surface area contributed by atoms with Crippen molar-refractivity contribution in [2.24, 2.45) is 0 Å². The third-order valence-corrected chi connectivity index (χ3v) is 3.90. The molecule has 0 radical (unpaired) electrons. The number of carbonyl (C=O) groups is 1. The first kappa shape index (κ1) is 14.3. The molecule has 0 aliphatic rings. The van der Waals surface area contributed by atoms with Crippen molar-refractivity contribution in [3.8, 4) is 0 Å². The Morgan fingerprint density at radius 3 is 2.55 bits per heavy atom. The van der Waals surface area contributed by atoms with Gasteiger partial charge in [-0.15, -0.1) is 0 Å². The van der Waals surface area contributed by atoms with Crippen LogP contribution in [0.15, 0.2) is 46.5 Å². The fourth-order valence-electron chi connectivity index (χ4n) is 1.47. The number of halogens is 1. The minimum atomic E-state index is -1.27. The highest BCUT2D eigenvalue weighted by molar-refractivity contribution is 7.99. The molecule has 0 aliphatic carbocycles. The van der Waals surface area contributed by atoms with Crippen molar-refractivity contribution in [1.29, 1.82) is 0 Å². The molecule has 0 unspecified atom stereocenters. The lowest BCUT2D eigenvalue weighted by molar-refractivity contribution is -0.384. The maximum Gasteiger partial charge on any atom is 0.337 e. The number of hydrogen-bond donors (Lipinski definition) is 1. The van der Waals surface area contributed by atoms with Gasteiger partial charge in [-0.2, -0.15) is 0 Å². The Labute approximate surface area is 122 Å². The monoisotopic (exact) mass is 310 g/mol. The predicted octanol–water partition coefficient (Wildman–Crippen LogP) is 3.49. The lowest BCUT2D eigenvalue weighted by Crippen LogP contribution is -2.01. The van der Waals surface area contributed by atoms with Gasteiger partial charge < -0.3 is 5.11 Å². The Balaban J connectivity index is 2.51. The second kappa shape index (κ2) is 5.89. The molecule has 0 bridgehead atoms. The Morgan fingerprint density at radius 1 is 1.35 bits per heavy atom. The van der Waals surface area contributed by atoms with Gasteiger partial charge >= 0.3 is 5.97 Å². The molecule has 0 amide bonds. The molecule has 0 saturated carbocycles. The number of nitrogens with zero attached hydrogens (tertiary/aromatic N) is 2. The third-order valence-electron chi connectivity index (χ3n) is 2.34. The molecule has 2 aromatic rings. The summed E-state index contributed by atoms with van der Waals surface area (Å²) < 4.78 is 0. The Bertz CT molecular complexity index is 679. The van der Waals surface area contributed by atoms with Crippen molar-refractivity contribution in [2.45, 2.75) is 9.79 Å². The van der Waals surface area contributed by atoms with Crippen molar-refractivity contribution in [3.63, 3.8) is 0 Å². The second-order valence-corrected chi connectivity index (χ2v) is 5.14. The first-order valence-corrected chi connectivity index (χ1v) is 6.47. The fraction of sp³-hybridized carbons (Fsp3) is 0. The average molecular weight is 311 g/mol. The summed E-state index contributed by atoms with van der Waals surface area (Å²) in [5.74, 6) is -1.27. The van der Waals surface area contributed by atoms with Crippen molar-refractivity contribution in [2.75, 3.05) is 0 Å². The molecule has 1 aromatic heterocycles. The topological polar surface area (TPSA) is 93.3 Å². The zero-order valence-electron chi connectivity index (χ0n) is 9.82. The van der Waals surface area contributed by atoms with Crippen LogP contribution in [-0.4, -0.2) is 21.0 Å². The van der Waals surface area contributed by atoms with Gasteiger partial charge in [0.15, 0.2) is 0 Å². The van der Waals surface area contributed by atoms with E-state index >= 15 is 0 Å². The van der Waals surface area contributed by atoms with Crippen LogP contribution >= 0.6 is 23.4 Å². The van der Waals surface area contributed by atoms with Crippen molar-refractivity contribution >= 4 is 35.0 Å². The molecule has 0 saturated heterocycles. The molecule has 1 heterocycles. The van der Waals surface area contributed by atoms with Gasteiger partial charge in [0.25, 0.3) is 5.69 Å². The van der Waals surface area contributed by atoms with E-state index in [0.717, 1.165) is 28.8 Å². The summed E-state index contributed by atoms with van der Waals surface area (Å²) >= 11 is 7.08. The maximum absolute atomic E-state index is 11.2. The predicted molar refractivity (Wildman–Crippen MR) is 73.4 cm³/mol. The summed E-state index contributed by atoms with van der Waals surface area (Å²) in [5.41, 5.74) is -0.558. The van der Waals surface area contributed by atoms with E-state index in [0.29, 0.717) is 0 Å². The van der Waals surface area contributed by atoms with Gasteiger partial charge in [0, 0.05) is 34.3 Å². The Hall–Kier alpha value is -2.12. The number of nitro benzene ring substituents is 1. The summed E-state index contributed by atoms with van der Waals surface area (Å²) in [5, 5.41) is 19.9. The SMILES string of the molecule is O=C(O)c1cc([N+](=O)[O-])cc(Cl)c1Sc1ccncc1. The average Bonchev–Trinajstić information content (AvgIpc) is 2.41. The molecule has 1 N–H and O–H groups in total. The summed E-state index contributed by atoms with van der Waals surface area (Å²) in [6, 6.07) is 5.51. The van der Waals surface area contributed by atoms with Crippen LogP contribution in [0.2, 0.25) is 5.02 Å². The smallest absolute Gasteiger partial charge is 0.337 e. The maximum atomic E-state index is 11.2. The summed E-state index contributed by atoms with van der Waals surface area (Å²) in [6.45, 7) is 0. The van der Waals surface area contributed by atoms with Crippen LogP contribution < -0.4 is 0 Å². The van der Waals surface area contributed by atoms with E-state index in [1.54, 1.807) is 24.5 Å². The van der Waals surface area contributed by atoms with Crippen LogP contribution in [0.1, 0.15) is 10.4 Å². The number of pyridine rings is 1. The van der Waals surface area contributed by atoms with Gasteiger partial charge in [-0.25, -0.2) is 4.79 Å². The molecule has 6 nitrogen and oxygen atoms in total. The third kappa shape index (κ3) is 3.06. The molecule has 0 aliphatic heterocycles. The second-order valence-electron chi connectivity index (χ2n) is 3.65. The van der Waals surface area contributed by atoms with Crippen LogP contribution in [0.3, 0.4) is 0 Å². The molecule has 1 aromatic carbocycles. The van der Waals surface area contributed by atoms with Gasteiger partial charge in [0.2, 0.25) is 0 Å². The zero-order chi connectivity index (χ0) is 14.7. The van der Waals surface area contributed by atoms with E-state index in [9.17, 15) is 14.9 Å². The standard InChI is InChI=1S/C12H7ClN2O4S/c13-10-6-7(15(18)19)5-9(12(16)17)11(10)20-8-1-3-14-4-2-8/h1-6H,(H,16,17). The van der Waals surface area contributed by atoms with E-state index in [-0.39, 0.29) is 21.2 Å². The first-order chi connectivity index (χ1) is 9.49. The van der Waals surface area contributed by atoms with E-state index in [4.69, 9.17) is 16.7 Å². The molecule has 102 valence electrons. The van der Waals surface area contributed by atoms with Crippen LogP contribution in [0.5, 0.6) is 0 Å². The Morgan fingerprint density at radius 2 is 2.00 bits per heavy atom. The molecule has 0 atom stereocenters. The number of benzene rings is 1. The van der Waals surface area contributed by atoms with Crippen LogP contribution in [0.4, 0.5) is 5.69 Å². The van der Waals surface area contributed by atoms with Gasteiger partial charge in [0.1, 0.15) is 0 Å². The van der Waals surface area contributed by atoms with E-state index in [1.807, 2.05) is 0 Å². The lowest BCUT2D eigenvalue weighted by atomic mass is 10.2. The summed E-state index contributed by atoms with van der Waals surface area (Å²) in [4.78, 5) is 26.1. The minimum absolute atomic E-state index is 0.0263. The van der Waals surface area contributed by atoms with Gasteiger partial charge in [-0.3, -0.25) is 15.1 Å². The highest BCUT2D eigenvalue weighted by atomic mass is 35.5. The van der Waals surface area contributed by atoms with Gasteiger partial charge in [0.05, 0.1) is 15.5 Å². The number of nitro groups is 1. The number of rotatable bonds is 4. The van der Waals surface area contributed by atoms with Crippen LogP contribution in [0, 0.1) is 10.1 Å². The largest absolute Gasteiger partial charge is 0.478 e. The minimum Gasteiger partial charge on any atom is -0.478 e. The van der Waals surface area contributed by atoms with Crippen LogP contribution in [-0.2, 0) is 0 Å². The molecule has 0 fully saturated rings. The number of carboxylic acids is 1. The normalized spacial score (nSPS) is 10.2. The zero-order valence-corrected chi connectivity index (χ0v) is 11.4. The lowest BCUT2D eigenvalue weighted by Gasteiger charge is -2.08. The highest BCUT2D eigenvalue weighted by Gasteiger charge is 2.20. The number of aromatic carboxylic acids is 1. The number of aromatic nitrogens is 1. The quantitative estimate of drug-likeness (QED) is 0.686. The molecule has 0 spiro atoms. The number of hydrogen-bond acceptors (Lipinski definition) is 5. The van der Waals surface area contributed by atoms with E-state index in [1.165, 1.54) is 0 Å².